The topological polar surface area (TPSA) is 66.8 Å². The third-order valence-electron chi connectivity index (χ3n) is 4.62. The quantitative estimate of drug-likeness (QED) is 0.800. The number of halogens is 3. The number of amides is 1. The highest BCUT2D eigenvalue weighted by Gasteiger charge is 2.43. The monoisotopic (exact) mass is 337 g/mol. The summed E-state index contributed by atoms with van der Waals surface area (Å²) in [6, 6.07) is 0. The summed E-state index contributed by atoms with van der Waals surface area (Å²) in [5.41, 5.74) is -1.56. The molecule has 1 saturated carbocycles. The van der Waals surface area contributed by atoms with Crippen molar-refractivity contribution in [3.63, 3.8) is 0 Å². The molecule has 1 atom stereocenters. The van der Waals surface area contributed by atoms with E-state index in [4.69, 9.17) is 4.74 Å². The van der Waals surface area contributed by atoms with E-state index in [-0.39, 0.29) is 19.4 Å². The first kappa shape index (κ1) is 18.0. The van der Waals surface area contributed by atoms with Crippen molar-refractivity contribution in [2.45, 2.75) is 56.7 Å². The minimum absolute atomic E-state index is 0.00676. The smallest absolute Gasteiger partial charge is 0.393 e. The summed E-state index contributed by atoms with van der Waals surface area (Å²) in [7, 11) is 0. The highest BCUT2D eigenvalue weighted by Crippen LogP contribution is 2.33. The molecule has 132 valence electrons. The summed E-state index contributed by atoms with van der Waals surface area (Å²) in [5.74, 6) is -3.03. The zero-order valence-corrected chi connectivity index (χ0v) is 12.9. The van der Waals surface area contributed by atoms with Gasteiger partial charge in [0.2, 0.25) is 0 Å². The maximum Gasteiger partial charge on any atom is 0.393 e. The first-order chi connectivity index (χ1) is 10.7. The molecule has 0 aromatic carbocycles. The van der Waals surface area contributed by atoms with E-state index in [1.807, 2.05) is 0 Å². The number of hydrogen-bond donors (Lipinski definition) is 1. The Morgan fingerprint density at radius 3 is 2.43 bits per heavy atom. The third-order valence-corrected chi connectivity index (χ3v) is 4.62. The van der Waals surface area contributed by atoms with Gasteiger partial charge >= 0.3 is 12.1 Å². The number of piperidine rings is 1. The van der Waals surface area contributed by atoms with Gasteiger partial charge in [0.05, 0.1) is 5.92 Å². The van der Waals surface area contributed by atoms with E-state index in [1.54, 1.807) is 0 Å². The number of alkyl halides is 3. The van der Waals surface area contributed by atoms with E-state index in [0.29, 0.717) is 25.7 Å². The molecule has 0 radical (unpaired) electrons. The predicted octanol–water partition coefficient (Wildman–Crippen LogP) is 2.03. The fourth-order valence-electron chi connectivity index (χ4n) is 3.16. The van der Waals surface area contributed by atoms with Gasteiger partial charge in [0, 0.05) is 13.1 Å². The van der Waals surface area contributed by atoms with Crippen LogP contribution in [0, 0.1) is 5.92 Å². The van der Waals surface area contributed by atoms with Gasteiger partial charge in [-0.2, -0.15) is 13.2 Å². The Morgan fingerprint density at radius 1 is 1.17 bits per heavy atom. The van der Waals surface area contributed by atoms with Crippen LogP contribution < -0.4 is 0 Å². The third kappa shape index (κ3) is 4.59. The fourth-order valence-corrected chi connectivity index (χ4v) is 3.16. The molecule has 2 rings (SSSR count). The van der Waals surface area contributed by atoms with Crippen LogP contribution in [-0.2, 0) is 14.3 Å². The van der Waals surface area contributed by atoms with Gasteiger partial charge in [-0.3, -0.25) is 4.79 Å². The van der Waals surface area contributed by atoms with Crippen LogP contribution in [-0.4, -0.2) is 53.4 Å². The molecule has 1 amide bonds. The van der Waals surface area contributed by atoms with E-state index in [2.05, 4.69) is 0 Å². The molecule has 1 N–H and O–H groups in total. The lowest BCUT2D eigenvalue weighted by atomic mass is 9.85. The average Bonchev–Trinajstić information content (AvgIpc) is 2.52. The SMILES string of the molecule is O=C(COC(=O)C1(O)CCCCC1)N1CCCC(C(F)(F)F)C1. The Kier molecular flexibility index (Phi) is 5.54. The zero-order valence-electron chi connectivity index (χ0n) is 12.9. The first-order valence-corrected chi connectivity index (χ1v) is 7.96. The predicted molar refractivity (Wildman–Crippen MR) is 74.4 cm³/mol. The van der Waals surface area contributed by atoms with Crippen molar-refractivity contribution in [1.82, 2.24) is 4.90 Å². The molecule has 0 spiro atoms. The van der Waals surface area contributed by atoms with Crippen LogP contribution in [0.15, 0.2) is 0 Å². The molecule has 5 nitrogen and oxygen atoms in total. The van der Waals surface area contributed by atoms with Gasteiger partial charge in [-0.1, -0.05) is 6.42 Å². The standard InChI is InChI=1S/C15H22F3NO4/c16-15(17,18)11-5-4-8-19(9-11)12(20)10-23-13(21)14(22)6-2-1-3-7-14/h11,22H,1-10H2. The number of rotatable bonds is 3. The molecule has 0 aromatic rings. The average molecular weight is 337 g/mol. The molecule has 2 fully saturated rings. The molecule has 1 unspecified atom stereocenters. The van der Waals surface area contributed by atoms with Crippen molar-refractivity contribution in [2.24, 2.45) is 5.92 Å². The lowest BCUT2D eigenvalue weighted by molar-refractivity contribution is -0.190. The van der Waals surface area contributed by atoms with Gasteiger partial charge in [0.1, 0.15) is 0 Å². The van der Waals surface area contributed by atoms with Gasteiger partial charge in [-0.05, 0) is 38.5 Å². The largest absolute Gasteiger partial charge is 0.453 e. The van der Waals surface area contributed by atoms with E-state index in [1.165, 1.54) is 0 Å². The number of carbonyl (C=O) groups is 2. The lowest BCUT2D eigenvalue weighted by Gasteiger charge is -2.34. The van der Waals surface area contributed by atoms with E-state index < -0.39 is 42.7 Å². The summed E-state index contributed by atoms with van der Waals surface area (Å²) >= 11 is 0. The van der Waals surface area contributed by atoms with Gasteiger partial charge in [0.25, 0.3) is 5.91 Å². The number of carbonyl (C=O) groups excluding carboxylic acids is 2. The normalized spacial score (nSPS) is 25.0. The molecule has 1 saturated heterocycles. The molecule has 23 heavy (non-hydrogen) atoms. The number of aliphatic hydroxyl groups is 1. The number of likely N-dealkylation sites (tertiary alicyclic amines) is 1. The molecule has 1 heterocycles. The number of hydrogen-bond acceptors (Lipinski definition) is 4. The van der Waals surface area contributed by atoms with Crippen LogP contribution in [0.5, 0.6) is 0 Å². The fraction of sp³-hybridized carbons (Fsp3) is 0.867. The minimum Gasteiger partial charge on any atom is -0.453 e. The molecule has 2 aliphatic rings. The van der Waals surface area contributed by atoms with Gasteiger partial charge in [-0.15, -0.1) is 0 Å². The number of ether oxygens (including phenoxy) is 1. The number of esters is 1. The van der Waals surface area contributed by atoms with Crippen molar-refractivity contribution in [3.05, 3.63) is 0 Å². The van der Waals surface area contributed by atoms with Crippen LogP contribution in [0.2, 0.25) is 0 Å². The second-order valence-corrected chi connectivity index (χ2v) is 6.39. The van der Waals surface area contributed by atoms with Gasteiger partial charge in [-0.25, -0.2) is 4.79 Å². The molecular weight excluding hydrogens is 315 g/mol. The zero-order chi connectivity index (χ0) is 17.1. The van der Waals surface area contributed by atoms with Crippen molar-refractivity contribution < 1.29 is 32.6 Å². The Labute approximate surface area is 132 Å². The van der Waals surface area contributed by atoms with Crippen LogP contribution >= 0.6 is 0 Å². The van der Waals surface area contributed by atoms with Crippen molar-refractivity contribution in [1.29, 1.82) is 0 Å². The van der Waals surface area contributed by atoms with Crippen molar-refractivity contribution >= 4 is 11.9 Å². The molecular formula is C15H22F3NO4. The highest BCUT2D eigenvalue weighted by molar-refractivity contribution is 5.84. The molecule has 8 heteroatoms. The van der Waals surface area contributed by atoms with E-state index >= 15 is 0 Å². The van der Waals surface area contributed by atoms with Crippen LogP contribution in [0.4, 0.5) is 13.2 Å². The molecule has 1 aliphatic heterocycles. The maximum absolute atomic E-state index is 12.7. The summed E-state index contributed by atoms with van der Waals surface area (Å²) in [6.45, 7) is -0.789. The summed E-state index contributed by atoms with van der Waals surface area (Å²) < 4.78 is 43.0. The molecule has 0 aromatic heterocycles. The Balaban J connectivity index is 1.83. The van der Waals surface area contributed by atoms with Gasteiger partial charge < -0.3 is 14.7 Å². The van der Waals surface area contributed by atoms with Crippen molar-refractivity contribution in [2.75, 3.05) is 19.7 Å². The van der Waals surface area contributed by atoms with E-state index in [9.17, 15) is 27.9 Å². The maximum atomic E-state index is 12.7. The summed E-state index contributed by atoms with van der Waals surface area (Å²) in [6.07, 6.45) is -1.12. The minimum atomic E-state index is -4.33. The Bertz CT molecular complexity index is 446. The number of nitrogens with zero attached hydrogens (tertiary/aromatic N) is 1. The summed E-state index contributed by atoms with van der Waals surface area (Å²) in [4.78, 5) is 25.0. The summed E-state index contributed by atoms with van der Waals surface area (Å²) in [5, 5.41) is 10.2. The molecule has 0 bridgehead atoms. The van der Waals surface area contributed by atoms with Gasteiger partial charge in [0.15, 0.2) is 12.2 Å². The highest BCUT2D eigenvalue weighted by atomic mass is 19.4. The second-order valence-electron chi connectivity index (χ2n) is 6.39. The van der Waals surface area contributed by atoms with E-state index in [0.717, 1.165) is 11.3 Å². The van der Waals surface area contributed by atoms with Crippen LogP contribution in [0.3, 0.4) is 0 Å². The second kappa shape index (κ2) is 7.07. The van der Waals surface area contributed by atoms with Crippen molar-refractivity contribution in [3.8, 4) is 0 Å². The Hall–Kier alpha value is -1.31. The van der Waals surface area contributed by atoms with Crippen LogP contribution in [0.25, 0.3) is 0 Å². The van der Waals surface area contributed by atoms with Crippen LogP contribution in [0.1, 0.15) is 44.9 Å². The first-order valence-electron chi connectivity index (χ1n) is 7.96. The Morgan fingerprint density at radius 2 is 1.83 bits per heavy atom. The molecule has 1 aliphatic carbocycles. The lowest BCUT2D eigenvalue weighted by Crippen LogP contribution is -2.47.